The van der Waals surface area contributed by atoms with Gasteiger partial charge in [-0.1, -0.05) is 11.6 Å². The first-order chi connectivity index (χ1) is 8.56. The van der Waals surface area contributed by atoms with Crippen LogP contribution in [0.3, 0.4) is 0 Å². The number of carbonyl (C=O) groups excluding carboxylic acids is 1. The summed E-state index contributed by atoms with van der Waals surface area (Å²) in [5.74, 6) is -0.550. The molecule has 0 bridgehead atoms. The van der Waals surface area contributed by atoms with Gasteiger partial charge in [-0.15, -0.1) is 11.3 Å². The van der Waals surface area contributed by atoms with Crippen molar-refractivity contribution in [3.05, 3.63) is 33.9 Å². The molecule has 3 nitrogen and oxygen atoms in total. The second kappa shape index (κ2) is 4.19. The molecule has 2 heterocycles. The van der Waals surface area contributed by atoms with E-state index in [2.05, 4.69) is 0 Å². The molecule has 0 spiro atoms. The molecule has 1 aromatic heterocycles. The molecule has 0 saturated carbocycles. The predicted molar refractivity (Wildman–Crippen MR) is 68.7 cm³/mol. The normalized spacial score (nSPS) is 16.1. The largest absolute Gasteiger partial charge is 0.389 e. The van der Waals surface area contributed by atoms with Gasteiger partial charge in [-0.3, -0.25) is 4.79 Å². The van der Waals surface area contributed by atoms with E-state index in [1.54, 1.807) is 6.07 Å². The number of amides is 1. The molecule has 0 radical (unpaired) electrons. The number of aliphatic hydroxyl groups excluding tert-OH is 1. The molecular weight excluding hydrogens is 277 g/mol. The lowest BCUT2D eigenvalue weighted by atomic mass is 10.1. The number of hydrogen-bond acceptors (Lipinski definition) is 3. The monoisotopic (exact) mass is 285 g/mol. The Kier molecular flexibility index (Phi) is 2.77. The Bertz CT molecular complexity index is 636. The minimum Gasteiger partial charge on any atom is -0.389 e. The van der Waals surface area contributed by atoms with E-state index in [4.69, 9.17) is 11.6 Å². The van der Waals surface area contributed by atoms with Crippen LogP contribution in [0.2, 0.25) is 5.02 Å². The Morgan fingerprint density at radius 1 is 1.50 bits per heavy atom. The van der Waals surface area contributed by atoms with Crippen molar-refractivity contribution in [3.63, 3.8) is 0 Å². The molecule has 0 aliphatic carbocycles. The van der Waals surface area contributed by atoms with Gasteiger partial charge in [0.25, 0.3) is 5.91 Å². The molecule has 1 aliphatic heterocycles. The number of halogens is 2. The van der Waals surface area contributed by atoms with Crippen LogP contribution < -0.4 is 0 Å². The number of hydrogen-bond donors (Lipinski definition) is 1. The van der Waals surface area contributed by atoms with E-state index < -0.39 is 6.10 Å². The van der Waals surface area contributed by atoms with E-state index in [9.17, 15) is 14.3 Å². The Labute approximate surface area is 111 Å². The molecule has 1 saturated heterocycles. The molecule has 1 fully saturated rings. The summed E-state index contributed by atoms with van der Waals surface area (Å²) < 4.78 is 13.8. The molecule has 1 aliphatic rings. The summed E-state index contributed by atoms with van der Waals surface area (Å²) in [6.45, 7) is 0.662. The van der Waals surface area contributed by atoms with Crippen LogP contribution in [0.25, 0.3) is 10.1 Å². The molecule has 1 amide bonds. The highest BCUT2D eigenvalue weighted by Crippen LogP contribution is 2.36. The summed E-state index contributed by atoms with van der Waals surface area (Å²) in [5, 5.41) is 10.2. The standard InChI is InChI=1S/C12H9ClFNO2S/c13-10-8-2-1-6(14)3-9(8)18-11(10)12(17)15-4-7(16)5-15/h1-3,7,16H,4-5H2. The first-order valence-corrected chi connectivity index (χ1v) is 6.60. The molecule has 0 atom stereocenters. The van der Waals surface area contributed by atoms with Gasteiger partial charge in [-0.25, -0.2) is 4.39 Å². The van der Waals surface area contributed by atoms with Crippen molar-refractivity contribution in [2.24, 2.45) is 0 Å². The van der Waals surface area contributed by atoms with Crippen molar-refractivity contribution in [1.29, 1.82) is 0 Å². The lowest BCUT2D eigenvalue weighted by Crippen LogP contribution is -2.53. The molecule has 2 aromatic rings. The number of carbonyl (C=O) groups is 1. The van der Waals surface area contributed by atoms with Gasteiger partial charge >= 0.3 is 0 Å². The summed E-state index contributed by atoms with van der Waals surface area (Å²) >= 11 is 7.32. The number of aliphatic hydroxyl groups is 1. The predicted octanol–water partition coefficient (Wildman–Crippen LogP) is 2.51. The maximum Gasteiger partial charge on any atom is 0.265 e. The summed E-state index contributed by atoms with van der Waals surface area (Å²) in [5.41, 5.74) is 0. The van der Waals surface area contributed by atoms with Crippen molar-refractivity contribution in [2.45, 2.75) is 6.10 Å². The van der Waals surface area contributed by atoms with Gasteiger partial charge in [0, 0.05) is 23.2 Å². The van der Waals surface area contributed by atoms with Crippen molar-refractivity contribution in [3.8, 4) is 0 Å². The highest BCUT2D eigenvalue weighted by atomic mass is 35.5. The van der Waals surface area contributed by atoms with Crippen LogP contribution in [0.1, 0.15) is 9.67 Å². The van der Waals surface area contributed by atoms with Crippen molar-refractivity contribution >= 4 is 38.9 Å². The van der Waals surface area contributed by atoms with E-state index in [0.717, 1.165) is 0 Å². The molecule has 3 rings (SSSR count). The number of thiophene rings is 1. The highest BCUT2D eigenvalue weighted by molar-refractivity contribution is 7.21. The molecule has 94 valence electrons. The van der Waals surface area contributed by atoms with Gasteiger partial charge in [0.2, 0.25) is 0 Å². The van der Waals surface area contributed by atoms with Crippen molar-refractivity contribution in [2.75, 3.05) is 13.1 Å². The van der Waals surface area contributed by atoms with Crippen LogP contribution in [0.15, 0.2) is 18.2 Å². The minimum absolute atomic E-state index is 0.202. The average molecular weight is 286 g/mol. The second-order valence-electron chi connectivity index (χ2n) is 4.25. The number of rotatable bonds is 1. The third-order valence-electron chi connectivity index (χ3n) is 2.94. The summed E-state index contributed by atoms with van der Waals surface area (Å²) in [7, 11) is 0. The van der Waals surface area contributed by atoms with Gasteiger partial charge in [-0.2, -0.15) is 0 Å². The van der Waals surface area contributed by atoms with Gasteiger partial charge in [0.15, 0.2) is 0 Å². The first kappa shape index (κ1) is 11.9. The Morgan fingerprint density at radius 2 is 2.22 bits per heavy atom. The zero-order valence-corrected chi connectivity index (χ0v) is 10.8. The number of likely N-dealkylation sites (tertiary alicyclic amines) is 1. The van der Waals surface area contributed by atoms with Crippen LogP contribution in [0.4, 0.5) is 4.39 Å². The number of nitrogens with zero attached hydrogens (tertiary/aromatic N) is 1. The molecular formula is C12H9ClFNO2S. The van der Waals surface area contributed by atoms with Crippen molar-refractivity contribution in [1.82, 2.24) is 4.90 Å². The number of fused-ring (bicyclic) bond motifs is 1. The number of β-amino-alcohol motifs (C(OH)–C–C–N with tert-alkyl or cyclic N) is 1. The third-order valence-corrected chi connectivity index (χ3v) is 4.58. The molecule has 1 aromatic carbocycles. The van der Waals surface area contributed by atoms with Gasteiger partial charge in [-0.05, 0) is 18.2 Å². The van der Waals surface area contributed by atoms with Crippen molar-refractivity contribution < 1.29 is 14.3 Å². The van der Waals surface area contributed by atoms with E-state index in [0.29, 0.717) is 33.1 Å². The van der Waals surface area contributed by atoms with Crippen LogP contribution in [0.5, 0.6) is 0 Å². The minimum atomic E-state index is -0.445. The van der Waals surface area contributed by atoms with Gasteiger partial charge in [0.05, 0.1) is 11.1 Å². The summed E-state index contributed by atoms with van der Waals surface area (Å²) in [4.78, 5) is 14.0. The van der Waals surface area contributed by atoms with Gasteiger partial charge in [0.1, 0.15) is 10.7 Å². The SMILES string of the molecule is O=C(c1sc2cc(F)ccc2c1Cl)N1CC(O)C1. The average Bonchev–Trinajstić information content (AvgIpc) is 2.61. The highest BCUT2D eigenvalue weighted by Gasteiger charge is 2.31. The van der Waals surface area contributed by atoms with Crippen LogP contribution in [0, 0.1) is 5.82 Å². The van der Waals surface area contributed by atoms with E-state index in [-0.39, 0.29) is 11.7 Å². The summed E-state index contributed by atoms with van der Waals surface area (Å²) in [6, 6.07) is 4.27. The van der Waals surface area contributed by atoms with E-state index in [1.807, 2.05) is 0 Å². The van der Waals surface area contributed by atoms with Crippen LogP contribution in [-0.4, -0.2) is 35.1 Å². The maximum absolute atomic E-state index is 13.1. The molecule has 1 N–H and O–H groups in total. The molecule has 6 heteroatoms. The molecule has 0 unspecified atom stereocenters. The lowest BCUT2D eigenvalue weighted by Gasteiger charge is -2.35. The second-order valence-corrected chi connectivity index (χ2v) is 5.68. The molecule has 18 heavy (non-hydrogen) atoms. The quantitative estimate of drug-likeness (QED) is 0.875. The third kappa shape index (κ3) is 1.79. The fourth-order valence-corrected chi connectivity index (χ4v) is 3.45. The fraction of sp³-hybridized carbons (Fsp3) is 0.250. The number of benzene rings is 1. The van der Waals surface area contributed by atoms with Crippen LogP contribution in [-0.2, 0) is 0 Å². The topological polar surface area (TPSA) is 40.5 Å². The fourth-order valence-electron chi connectivity index (χ4n) is 1.94. The van der Waals surface area contributed by atoms with E-state index >= 15 is 0 Å². The zero-order chi connectivity index (χ0) is 12.9. The Balaban J connectivity index is 2.01. The lowest BCUT2D eigenvalue weighted by molar-refractivity contribution is 0.00624. The van der Waals surface area contributed by atoms with Crippen LogP contribution >= 0.6 is 22.9 Å². The smallest absolute Gasteiger partial charge is 0.265 e. The first-order valence-electron chi connectivity index (χ1n) is 5.41. The zero-order valence-electron chi connectivity index (χ0n) is 9.19. The summed E-state index contributed by atoms with van der Waals surface area (Å²) in [6.07, 6.45) is -0.445. The van der Waals surface area contributed by atoms with E-state index in [1.165, 1.54) is 28.4 Å². The Hall–Kier alpha value is -1.17. The van der Waals surface area contributed by atoms with Gasteiger partial charge < -0.3 is 10.0 Å². The Morgan fingerprint density at radius 3 is 2.89 bits per heavy atom. The maximum atomic E-state index is 13.1.